The van der Waals surface area contributed by atoms with Gasteiger partial charge in [-0.3, -0.25) is 9.59 Å². The van der Waals surface area contributed by atoms with E-state index in [1.807, 2.05) is 12.1 Å². The molecule has 7 aromatic rings. The van der Waals surface area contributed by atoms with Gasteiger partial charge in [0.1, 0.15) is 34.3 Å². The Balaban J connectivity index is 0.915. The molecule has 2 aromatic heterocycles. The first-order valence-corrected chi connectivity index (χ1v) is 21.5. The zero-order valence-electron chi connectivity index (χ0n) is 36.3. The maximum Gasteiger partial charge on any atom is 0.360 e. The first kappa shape index (κ1) is 44.7. The summed E-state index contributed by atoms with van der Waals surface area (Å²) in [6, 6.07) is 18.4. The Morgan fingerprint density at radius 1 is 0.687 bits per heavy atom. The van der Waals surface area contributed by atoms with E-state index in [2.05, 4.69) is 43.7 Å². The number of nitrogens with one attached hydrogen (secondary N) is 2. The van der Waals surface area contributed by atoms with Crippen LogP contribution >= 0.6 is 11.6 Å². The van der Waals surface area contributed by atoms with Gasteiger partial charge in [0.2, 0.25) is 34.8 Å². The molecule has 2 aliphatic rings. The van der Waals surface area contributed by atoms with Gasteiger partial charge in [0.05, 0.1) is 24.9 Å². The molecule has 9 rings (SSSR count). The third-order valence-corrected chi connectivity index (χ3v) is 12.3. The van der Waals surface area contributed by atoms with Gasteiger partial charge in [-0.15, -0.1) is 10.2 Å². The highest BCUT2D eigenvalue weighted by molar-refractivity contribution is 6.33. The van der Waals surface area contributed by atoms with Crippen molar-refractivity contribution in [3.63, 3.8) is 0 Å². The van der Waals surface area contributed by atoms with E-state index in [0.717, 1.165) is 36.1 Å². The molecule has 344 valence electrons. The molecule has 19 heteroatoms. The van der Waals surface area contributed by atoms with Crippen molar-refractivity contribution in [2.24, 2.45) is 10.2 Å². The normalized spacial score (nSPS) is 13.2. The van der Waals surface area contributed by atoms with Gasteiger partial charge < -0.3 is 38.9 Å². The van der Waals surface area contributed by atoms with Crippen LogP contribution in [-0.2, 0) is 12.8 Å². The number of nitrogens with zero attached hydrogens (tertiary/aromatic N) is 5. The SMILES string of the molecule is CCCN(CC)c1cc(OC)c(/N=N/c2ccc(C(=O)N3CCc4c3ccc3[nH]c(C(=O)N5CCc6c5ccc5[nH]c(C(=O)Oc7c(F)c(F)c(F)c(F)c7F)cc65)cc43)cc2Cl)cc1OC. The predicted molar refractivity (Wildman–Crippen MR) is 242 cm³/mol. The Morgan fingerprint density at radius 2 is 1.25 bits per heavy atom. The summed E-state index contributed by atoms with van der Waals surface area (Å²) < 4.78 is 85.4. The maximum absolute atomic E-state index is 14.2. The Kier molecular flexibility index (Phi) is 11.8. The fourth-order valence-electron chi connectivity index (χ4n) is 8.73. The van der Waals surface area contributed by atoms with Crippen LogP contribution in [0.4, 0.5) is 50.4 Å². The highest BCUT2D eigenvalue weighted by atomic mass is 35.5. The van der Waals surface area contributed by atoms with E-state index in [9.17, 15) is 36.3 Å². The molecule has 0 unspecified atom stereocenters. The molecule has 0 fully saturated rings. The molecule has 2 amide bonds. The van der Waals surface area contributed by atoms with Crippen LogP contribution in [0.5, 0.6) is 17.2 Å². The van der Waals surface area contributed by atoms with Crippen LogP contribution in [-0.4, -0.2) is 68.2 Å². The van der Waals surface area contributed by atoms with Gasteiger partial charge in [0, 0.05) is 77.1 Å². The Morgan fingerprint density at radius 3 is 1.84 bits per heavy atom. The van der Waals surface area contributed by atoms with Crippen molar-refractivity contribution in [1.82, 2.24) is 9.97 Å². The summed E-state index contributed by atoms with van der Waals surface area (Å²) in [5, 5.41) is 10.3. The number of amides is 2. The zero-order valence-corrected chi connectivity index (χ0v) is 37.0. The number of H-pyrrole nitrogens is 2. The van der Waals surface area contributed by atoms with E-state index in [0.29, 0.717) is 86.9 Å². The highest BCUT2D eigenvalue weighted by Gasteiger charge is 2.33. The number of aromatic amines is 2. The number of benzene rings is 5. The van der Waals surface area contributed by atoms with Crippen molar-refractivity contribution < 1.29 is 50.5 Å². The van der Waals surface area contributed by atoms with Crippen LogP contribution in [0.15, 0.2) is 77.0 Å². The van der Waals surface area contributed by atoms with Gasteiger partial charge in [-0.05, 0) is 91.9 Å². The summed E-state index contributed by atoms with van der Waals surface area (Å²) in [6.07, 6.45) is 1.85. The van der Waals surface area contributed by atoms with Crippen molar-refractivity contribution in [2.75, 3.05) is 55.1 Å². The largest absolute Gasteiger partial charge is 0.494 e. The molecule has 67 heavy (non-hydrogen) atoms. The molecule has 13 nitrogen and oxygen atoms in total. The van der Waals surface area contributed by atoms with Crippen LogP contribution in [0.3, 0.4) is 0 Å². The number of rotatable bonds is 12. The summed E-state index contributed by atoms with van der Waals surface area (Å²) in [5.74, 6) is -14.1. The lowest BCUT2D eigenvalue weighted by molar-refractivity contribution is 0.0710. The molecular weight excluding hydrogens is 901 g/mol. The summed E-state index contributed by atoms with van der Waals surface area (Å²) in [7, 11) is 3.15. The molecule has 0 radical (unpaired) electrons. The van der Waals surface area contributed by atoms with Crippen LogP contribution in [0, 0.1) is 29.1 Å². The van der Waals surface area contributed by atoms with E-state index in [4.69, 9.17) is 21.1 Å². The number of hydrogen-bond acceptors (Lipinski definition) is 9. The first-order valence-electron chi connectivity index (χ1n) is 21.1. The Hall–Kier alpha value is -7.47. The number of esters is 1. The Bertz CT molecular complexity index is 3200. The smallest absolute Gasteiger partial charge is 0.360 e. The molecule has 0 aliphatic carbocycles. The molecular formula is C48H39ClF5N7O6. The predicted octanol–water partition coefficient (Wildman–Crippen LogP) is 11.3. The minimum absolute atomic E-state index is 0.218. The Labute approximate surface area is 383 Å². The van der Waals surface area contributed by atoms with E-state index >= 15 is 0 Å². The molecule has 0 spiro atoms. The van der Waals surface area contributed by atoms with E-state index < -0.39 is 40.8 Å². The fraction of sp³-hybridized carbons (Fsp3) is 0.229. The fourth-order valence-corrected chi connectivity index (χ4v) is 8.95. The number of hydrogen-bond donors (Lipinski definition) is 2. The maximum atomic E-state index is 14.2. The lowest BCUT2D eigenvalue weighted by Gasteiger charge is -2.25. The average Bonchev–Trinajstić information content (AvgIpc) is 4.16. The molecule has 2 aliphatic heterocycles. The number of carbonyl (C=O) groups is 3. The third-order valence-electron chi connectivity index (χ3n) is 12.0. The first-order chi connectivity index (χ1) is 32.3. The van der Waals surface area contributed by atoms with Crippen molar-refractivity contribution in [1.29, 1.82) is 0 Å². The lowest BCUT2D eigenvalue weighted by Crippen LogP contribution is -2.29. The standard InChI is InChI=1S/C48H39ClF5N7O6/c1-5-15-59(6-2)37-22-38(65-3)32(21-39(37)66-4)58-57-31-8-7-23(18-28(31)49)46(62)60-16-13-24-26-19-33(55-29(26)9-11-35(24)60)47(63)61-17-14-25-27-20-34(56-30(27)10-12-36(25)61)48(64)67-45-43(53)41(51)40(50)42(52)44(45)54/h7-12,18-22,55-56H,5-6,13-17H2,1-4H3/b58-57+. The molecule has 5 aromatic carbocycles. The minimum atomic E-state index is -2.39. The van der Waals surface area contributed by atoms with Crippen molar-refractivity contribution in [2.45, 2.75) is 33.1 Å². The van der Waals surface area contributed by atoms with Gasteiger partial charge in [0.25, 0.3) is 11.8 Å². The molecule has 4 heterocycles. The quantitative estimate of drug-likeness (QED) is 0.0310. The van der Waals surface area contributed by atoms with Crippen LogP contribution in [0.1, 0.15) is 62.7 Å². The van der Waals surface area contributed by atoms with Gasteiger partial charge in [0.15, 0.2) is 0 Å². The summed E-state index contributed by atoms with van der Waals surface area (Å²) >= 11 is 6.69. The topological polar surface area (TPSA) is 145 Å². The van der Waals surface area contributed by atoms with E-state index in [1.54, 1.807) is 72.6 Å². The monoisotopic (exact) mass is 939 g/mol. The number of azo groups is 1. The van der Waals surface area contributed by atoms with Crippen LogP contribution in [0.2, 0.25) is 5.02 Å². The second-order valence-corrected chi connectivity index (χ2v) is 16.2. The van der Waals surface area contributed by atoms with Crippen molar-refractivity contribution in [3.8, 4) is 17.2 Å². The van der Waals surface area contributed by atoms with Gasteiger partial charge >= 0.3 is 5.97 Å². The van der Waals surface area contributed by atoms with E-state index in [-0.39, 0.29) is 29.1 Å². The van der Waals surface area contributed by atoms with Gasteiger partial charge in [-0.2, -0.15) is 8.78 Å². The van der Waals surface area contributed by atoms with E-state index in [1.165, 1.54) is 6.07 Å². The van der Waals surface area contributed by atoms with Gasteiger partial charge in [-0.1, -0.05) is 18.5 Å². The molecule has 0 bridgehead atoms. The number of anilines is 3. The number of ether oxygens (including phenoxy) is 3. The summed E-state index contributed by atoms with van der Waals surface area (Å²) in [4.78, 5) is 52.4. The van der Waals surface area contributed by atoms with Crippen molar-refractivity contribution >= 4 is 79.6 Å². The number of methoxy groups -OCH3 is 2. The number of carbonyl (C=O) groups excluding carboxylic acids is 3. The number of fused-ring (bicyclic) bond motifs is 6. The average molecular weight is 940 g/mol. The summed E-state index contributed by atoms with van der Waals surface area (Å²) in [5.41, 5.74) is 5.88. The summed E-state index contributed by atoms with van der Waals surface area (Å²) in [6.45, 7) is 6.45. The second-order valence-electron chi connectivity index (χ2n) is 15.8. The molecule has 0 atom stereocenters. The van der Waals surface area contributed by atoms with Crippen LogP contribution in [0.25, 0.3) is 21.8 Å². The van der Waals surface area contributed by atoms with Gasteiger partial charge in [-0.25, -0.2) is 18.0 Å². The van der Waals surface area contributed by atoms with Crippen molar-refractivity contribution in [3.05, 3.63) is 129 Å². The molecule has 0 saturated carbocycles. The zero-order chi connectivity index (χ0) is 47.4. The molecule has 0 saturated heterocycles. The lowest BCUT2D eigenvalue weighted by atomic mass is 10.1. The third kappa shape index (κ3) is 7.73. The highest BCUT2D eigenvalue weighted by Crippen LogP contribution is 2.43. The van der Waals surface area contributed by atoms with Crippen LogP contribution < -0.4 is 28.9 Å². The minimum Gasteiger partial charge on any atom is -0.494 e. The second kappa shape index (κ2) is 17.7. The number of aromatic nitrogens is 2. The number of halogens is 6. The molecule has 2 N–H and O–H groups in total.